The number of aromatic nitrogens is 1. The lowest BCUT2D eigenvalue weighted by molar-refractivity contribution is 0.560. The summed E-state index contributed by atoms with van der Waals surface area (Å²) in [5, 5.41) is 2.01. The summed E-state index contributed by atoms with van der Waals surface area (Å²) < 4.78 is 14.2. The normalized spacial score (nSPS) is 12.5. The van der Waals surface area contributed by atoms with Crippen LogP contribution < -0.4 is 11.3 Å². The van der Waals surface area contributed by atoms with E-state index in [-0.39, 0.29) is 5.82 Å². The number of fused-ring (bicyclic) bond motifs is 1. The molecule has 106 valence electrons. The molecule has 3 rings (SSSR count). The van der Waals surface area contributed by atoms with E-state index >= 15 is 0 Å². The van der Waals surface area contributed by atoms with Crippen LogP contribution >= 0.6 is 0 Å². The highest BCUT2D eigenvalue weighted by Crippen LogP contribution is 2.29. The molecule has 0 amide bonds. The highest BCUT2D eigenvalue weighted by Gasteiger charge is 2.19. The van der Waals surface area contributed by atoms with Crippen molar-refractivity contribution in [2.45, 2.75) is 13.0 Å². The molecule has 0 spiro atoms. The van der Waals surface area contributed by atoms with E-state index in [1.165, 1.54) is 6.07 Å². The largest absolute Gasteiger partial charge is 0.271 e. The zero-order valence-corrected chi connectivity index (χ0v) is 11.7. The van der Waals surface area contributed by atoms with Gasteiger partial charge in [0.05, 0.1) is 6.04 Å². The second-order valence-electron chi connectivity index (χ2n) is 5.07. The second-order valence-corrected chi connectivity index (χ2v) is 5.07. The summed E-state index contributed by atoms with van der Waals surface area (Å²) in [6.07, 6.45) is 3.52. The average molecular weight is 281 g/mol. The van der Waals surface area contributed by atoms with E-state index in [0.29, 0.717) is 5.56 Å². The first-order valence-electron chi connectivity index (χ1n) is 6.75. The number of benzene rings is 2. The minimum atomic E-state index is -0.441. The highest BCUT2D eigenvalue weighted by molar-refractivity contribution is 5.85. The highest BCUT2D eigenvalue weighted by atomic mass is 19.1. The maximum atomic E-state index is 14.2. The van der Waals surface area contributed by atoms with Gasteiger partial charge >= 0.3 is 0 Å². The van der Waals surface area contributed by atoms with Gasteiger partial charge in [0.15, 0.2) is 0 Å². The number of nitrogens with one attached hydrogen (secondary N) is 1. The summed E-state index contributed by atoms with van der Waals surface area (Å²) in [5.74, 6) is 5.42. The first-order chi connectivity index (χ1) is 10.2. The second kappa shape index (κ2) is 5.60. The van der Waals surface area contributed by atoms with Crippen LogP contribution in [0.15, 0.2) is 54.9 Å². The van der Waals surface area contributed by atoms with E-state index in [1.807, 2.05) is 37.3 Å². The third-order valence-corrected chi connectivity index (χ3v) is 3.64. The minimum absolute atomic E-state index is 0.281. The van der Waals surface area contributed by atoms with Crippen molar-refractivity contribution in [3.8, 4) is 0 Å². The standard InChI is InChI=1S/C17H16FN3/c1-11-6-7-16(18)14(8-11)17(21-19)15-10-20-9-12-4-2-3-5-13(12)15/h2-10,17,21H,19H2,1H3. The van der Waals surface area contributed by atoms with Crippen LogP contribution in [0.4, 0.5) is 4.39 Å². The molecule has 4 heteroatoms. The Labute approximate surface area is 122 Å². The van der Waals surface area contributed by atoms with Gasteiger partial charge < -0.3 is 0 Å². The van der Waals surface area contributed by atoms with E-state index in [1.54, 1.807) is 18.5 Å². The van der Waals surface area contributed by atoms with Crippen LogP contribution in [0.2, 0.25) is 0 Å². The molecule has 0 fully saturated rings. The maximum Gasteiger partial charge on any atom is 0.128 e. The molecule has 1 unspecified atom stereocenters. The third kappa shape index (κ3) is 2.51. The fourth-order valence-electron chi connectivity index (χ4n) is 2.60. The van der Waals surface area contributed by atoms with Crippen LogP contribution in [0.1, 0.15) is 22.7 Å². The molecule has 0 aliphatic carbocycles. The van der Waals surface area contributed by atoms with Crippen molar-refractivity contribution in [2.24, 2.45) is 5.84 Å². The molecule has 3 aromatic rings. The van der Waals surface area contributed by atoms with E-state index in [0.717, 1.165) is 21.9 Å². The van der Waals surface area contributed by atoms with Gasteiger partial charge in [-0.1, -0.05) is 42.0 Å². The van der Waals surface area contributed by atoms with E-state index < -0.39 is 6.04 Å². The van der Waals surface area contributed by atoms with E-state index in [9.17, 15) is 4.39 Å². The number of nitrogens with zero attached hydrogens (tertiary/aromatic N) is 1. The quantitative estimate of drug-likeness (QED) is 0.572. The first-order valence-corrected chi connectivity index (χ1v) is 6.75. The van der Waals surface area contributed by atoms with Crippen molar-refractivity contribution in [2.75, 3.05) is 0 Å². The number of halogens is 1. The van der Waals surface area contributed by atoms with Crippen LogP contribution in [0.3, 0.4) is 0 Å². The van der Waals surface area contributed by atoms with E-state index in [2.05, 4.69) is 10.4 Å². The Hall–Kier alpha value is -2.30. The number of hydrogen-bond acceptors (Lipinski definition) is 3. The van der Waals surface area contributed by atoms with Crippen molar-refractivity contribution in [3.05, 3.63) is 77.4 Å². The van der Waals surface area contributed by atoms with Gasteiger partial charge in [0.2, 0.25) is 0 Å². The summed E-state index contributed by atoms with van der Waals surface area (Å²) in [6.45, 7) is 1.93. The van der Waals surface area contributed by atoms with Gasteiger partial charge in [0.25, 0.3) is 0 Å². The lowest BCUT2D eigenvalue weighted by Gasteiger charge is -2.19. The predicted octanol–water partition coefficient (Wildman–Crippen LogP) is 3.24. The summed E-state index contributed by atoms with van der Waals surface area (Å²) in [4.78, 5) is 4.24. The number of aryl methyl sites for hydroxylation is 1. The van der Waals surface area contributed by atoms with Gasteiger partial charge in [-0.25, -0.2) is 9.82 Å². The van der Waals surface area contributed by atoms with Crippen LogP contribution in [0.25, 0.3) is 10.8 Å². The fourth-order valence-corrected chi connectivity index (χ4v) is 2.60. The molecule has 3 nitrogen and oxygen atoms in total. The summed E-state index contributed by atoms with van der Waals surface area (Å²) in [7, 11) is 0. The molecule has 1 aromatic heterocycles. The molecular formula is C17H16FN3. The molecular weight excluding hydrogens is 265 g/mol. The molecule has 0 bridgehead atoms. The average Bonchev–Trinajstić information content (AvgIpc) is 2.51. The summed E-state index contributed by atoms with van der Waals surface area (Å²) >= 11 is 0. The van der Waals surface area contributed by atoms with Crippen LogP contribution in [-0.4, -0.2) is 4.98 Å². The minimum Gasteiger partial charge on any atom is -0.271 e. The van der Waals surface area contributed by atoms with E-state index in [4.69, 9.17) is 5.84 Å². The Morgan fingerprint density at radius 2 is 1.90 bits per heavy atom. The first kappa shape index (κ1) is 13.7. The molecule has 1 atom stereocenters. The smallest absolute Gasteiger partial charge is 0.128 e. The molecule has 2 aromatic carbocycles. The fraction of sp³-hybridized carbons (Fsp3) is 0.118. The van der Waals surface area contributed by atoms with Gasteiger partial charge in [-0.15, -0.1) is 0 Å². The number of nitrogens with two attached hydrogens (primary N) is 1. The van der Waals surface area contributed by atoms with Gasteiger partial charge in [0.1, 0.15) is 5.82 Å². The Morgan fingerprint density at radius 3 is 2.71 bits per heavy atom. The molecule has 1 heterocycles. The van der Waals surface area contributed by atoms with Crippen LogP contribution in [0.5, 0.6) is 0 Å². The van der Waals surface area contributed by atoms with Crippen molar-refractivity contribution in [3.63, 3.8) is 0 Å². The maximum absolute atomic E-state index is 14.2. The van der Waals surface area contributed by atoms with Gasteiger partial charge in [-0.2, -0.15) is 0 Å². The Bertz CT molecular complexity index is 781. The number of pyridine rings is 1. The third-order valence-electron chi connectivity index (χ3n) is 3.64. The molecule has 0 aliphatic heterocycles. The van der Waals surface area contributed by atoms with Gasteiger partial charge in [-0.3, -0.25) is 10.8 Å². The monoisotopic (exact) mass is 281 g/mol. The molecule has 21 heavy (non-hydrogen) atoms. The molecule has 0 radical (unpaired) electrons. The van der Waals surface area contributed by atoms with Crippen molar-refractivity contribution in [1.29, 1.82) is 0 Å². The zero-order chi connectivity index (χ0) is 14.8. The predicted molar refractivity (Wildman–Crippen MR) is 82.0 cm³/mol. The molecule has 0 aliphatic rings. The Morgan fingerprint density at radius 1 is 1.10 bits per heavy atom. The Kier molecular flexibility index (Phi) is 3.64. The van der Waals surface area contributed by atoms with Crippen molar-refractivity contribution in [1.82, 2.24) is 10.4 Å². The SMILES string of the molecule is Cc1ccc(F)c(C(NN)c2cncc3ccccc23)c1. The summed E-state index contributed by atoms with van der Waals surface area (Å²) in [6, 6.07) is 12.4. The lowest BCUT2D eigenvalue weighted by Crippen LogP contribution is -2.30. The molecule has 0 saturated heterocycles. The van der Waals surface area contributed by atoms with Crippen LogP contribution in [0, 0.1) is 12.7 Å². The Balaban J connectivity index is 2.21. The zero-order valence-electron chi connectivity index (χ0n) is 11.7. The molecule has 3 N–H and O–H groups in total. The summed E-state index contributed by atoms with van der Waals surface area (Å²) in [5.41, 5.74) is 5.09. The lowest BCUT2D eigenvalue weighted by atomic mass is 9.95. The van der Waals surface area contributed by atoms with Crippen LogP contribution in [-0.2, 0) is 0 Å². The molecule has 0 saturated carbocycles. The number of rotatable bonds is 3. The van der Waals surface area contributed by atoms with Crippen molar-refractivity contribution < 1.29 is 4.39 Å². The number of hydrazine groups is 1. The topological polar surface area (TPSA) is 50.9 Å². The van der Waals surface area contributed by atoms with Gasteiger partial charge in [0, 0.05) is 28.9 Å². The van der Waals surface area contributed by atoms with Gasteiger partial charge in [-0.05, 0) is 18.4 Å². The number of hydrogen-bond donors (Lipinski definition) is 2. The van der Waals surface area contributed by atoms with Crippen molar-refractivity contribution >= 4 is 10.8 Å².